The summed E-state index contributed by atoms with van der Waals surface area (Å²) in [6, 6.07) is 9.87. The van der Waals surface area contributed by atoms with Crippen LogP contribution in [0.4, 0.5) is 11.5 Å². The van der Waals surface area contributed by atoms with E-state index < -0.39 is 0 Å². The van der Waals surface area contributed by atoms with Crippen LogP contribution >= 0.6 is 31.9 Å². The van der Waals surface area contributed by atoms with Crippen LogP contribution in [0, 0.1) is 0 Å². The van der Waals surface area contributed by atoms with Crippen LogP contribution < -0.4 is 11.1 Å². The molecule has 0 aliphatic carbocycles. The molecule has 0 saturated heterocycles. The van der Waals surface area contributed by atoms with Gasteiger partial charge in [0.25, 0.3) is 0 Å². The molecule has 2 aromatic rings. The number of nitrogens with one attached hydrogen (secondary N) is 1. The molecule has 0 bridgehead atoms. The minimum Gasteiger partial charge on any atom is -0.396 e. The van der Waals surface area contributed by atoms with E-state index in [-0.39, 0.29) is 0 Å². The van der Waals surface area contributed by atoms with Crippen LogP contribution in [0.1, 0.15) is 5.56 Å². The molecule has 0 saturated carbocycles. The number of aromatic nitrogens is 1. The predicted octanol–water partition coefficient (Wildman–Crippen LogP) is 3.80. The summed E-state index contributed by atoms with van der Waals surface area (Å²) in [4.78, 5) is 4.22. The van der Waals surface area contributed by atoms with Crippen molar-refractivity contribution in [3.8, 4) is 0 Å². The number of nitrogen functional groups attached to an aromatic ring is 1. The molecule has 3 nitrogen and oxygen atoms in total. The highest BCUT2D eigenvalue weighted by Crippen LogP contribution is 2.22. The molecule has 0 radical (unpaired) electrons. The van der Waals surface area contributed by atoms with Gasteiger partial charge >= 0.3 is 0 Å². The number of rotatable bonds is 3. The van der Waals surface area contributed by atoms with Crippen LogP contribution in [0.25, 0.3) is 0 Å². The summed E-state index contributed by atoms with van der Waals surface area (Å²) >= 11 is 6.83. The molecule has 1 aromatic carbocycles. The van der Waals surface area contributed by atoms with E-state index in [0.29, 0.717) is 18.1 Å². The number of pyridine rings is 1. The van der Waals surface area contributed by atoms with Gasteiger partial charge in [-0.3, -0.25) is 0 Å². The first-order valence-electron chi connectivity index (χ1n) is 5.05. The minimum atomic E-state index is 0.631. The number of anilines is 2. The van der Waals surface area contributed by atoms with Gasteiger partial charge in [0, 0.05) is 21.7 Å². The van der Waals surface area contributed by atoms with Gasteiger partial charge in [0.05, 0.1) is 5.69 Å². The fraction of sp³-hybridized carbons (Fsp3) is 0.0833. The third-order valence-corrected chi connectivity index (χ3v) is 3.50. The Morgan fingerprint density at radius 1 is 1.24 bits per heavy atom. The van der Waals surface area contributed by atoms with Gasteiger partial charge in [0.2, 0.25) is 0 Å². The standard InChI is InChI=1S/C12H11Br2N3/c13-9-5-11(15)12(17-7-9)16-6-8-3-1-2-4-10(8)14/h1-5,7H,6,15H2,(H,16,17). The maximum absolute atomic E-state index is 5.86. The van der Waals surface area contributed by atoms with E-state index in [2.05, 4.69) is 42.2 Å². The van der Waals surface area contributed by atoms with Crippen LogP contribution in [0.2, 0.25) is 0 Å². The first-order chi connectivity index (χ1) is 8.16. The van der Waals surface area contributed by atoms with Gasteiger partial charge in [0.1, 0.15) is 5.82 Å². The molecule has 1 heterocycles. The Morgan fingerprint density at radius 3 is 2.71 bits per heavy atom. The van der Waals surface area contributed by atoms with Crippen molar-refractivity contribution in [3.63, 3.8) is 0 Å². The van der Waals surface area contributed by atoms with Crippen LogP contribution in [0.5, 0.6) is 0 Å². The Bertz CT molecular complexity index is 529. The van der Waals surface area contributed by atoms with Crippen LogP contribution in [-0.2, 0) is 6.54 Å². The van der Waals surface area contributed by atoms with Crippen molar-refractivity contribution < 1.29 is 0 Å². The molecule has 1 aromatic heterocycles. The SMILES string of the molecule is Nc1cc(Br)cnc1NCc1ccccc1Br. The summed E-state index contributed by atoms with van der Waals surface area (Å²) in [6.45, 7) is 0.681. The topological polar surface area (TPSA) is 50.9 Å². The highest BCUT2D eigenvalue weighted by Gasteiger charge is 2.02. The summed E-state index contributed by atoms with van der Waals surface area (Å²) in [5.74, 6) is 0.698. The van der Waals surface area contributed by atoms with E-state index in [1.54, 1.807) is 6.20 Å². The number of hydrogen-bond donors (Lipinski definition) is 2. The average molecular weight is 357 g/mol. The van der Waals surface area contributed by atoms with Crippen molar-refractivity contribution >= 4 is 43.4 Å². The lowest BCUT2D eigenvalue weighted by Gasteiger charge is -2.09. The Labute approximate surface area is 117 Å². The second-order valence-electron chi connectivity index (χ2n) is 3.54. The zero-order chi connectivity index (χ0) is 12.3. The van der Waals surface area contributed by atoms with Crippen molar-refractivity contribution in [3.05, 3.63) is 51.0 Å². The van der Waals surface area contributed by atoms with Crippen LogP contribution in [0.3, 0.4) is 0 Å². The lowest BCUT2D eigenvalue weighted by atomic mass is 10.2. The first kappa shape index (κ1) is 12.4. The van der Waals surface area contributed by atoms with Crippen LogP contribution in [0.15, 0.2) is 45.5 Å². The van der Waals surface area contributed by atoms with E-state index in [1.807, 2.05) is 30.3 Å². The van der Waals surface area contributed by atoms with Crippen LogP contribution in [-0.4, -0.2) is 4.98 Å². The molecule has 17 heavy (non-hydrogen) atoms. The molecular formula is C12H11Br2N3. The van der Waals surface area contributed by atoms with Crippen molar-refractivity contribution in [1.29, 1.82) is 0 Å². The van der Waals surface area contributed by atoms with Gasteiger partial charge in [-0.1, -0.05) is 34.1 Å². The Morgan fingerprint density at radius 2 is 2.00 bits per heavy atom. The van der Waals surface area contributed by atoms with Gasteiger partial charge in [0.15, 0.2) is 0 Å². The van der Waals surface area contributed by atoms with Gasteiger partial charge in [-0.2, -0.15) is 0 Å². The molecule has 2 rings (SSSR count). The van der Waals surface area contributed by atoms with Crippen molar-refractivity contribution in [1.82, 2.24) is 4.98 Å². The molecule has 3 N–H and O–H groups in total. The second kappa shape index (κ2) is 5.51. The summed E-state index contributed by atoms with van der Waals surface area (Å²) in [7, 11) is 0. The maximum atomic E-state index is 5.86. The summed E-state index contributed by atoms with van der Waals surface area (Å²) in [6.07, 6.45) is 1.72. The van der Waals surface area contributed by atoms with Gasteiger partial charge in [-0.25, -0.2) is 4.98 Å². The van der Waals surface area contributed by atoms with E-state index in [4.69, 9.17) is 5.73 Å². The number of halogens is 2. The summed E-state index contributed by atoms with van der Waals surface area (Å²) < 4.78 is 1.95. The lowest BCUT2D eigenvalue weighted by Crippen LogP contribution is -2.04. The monoisotopic (exact) mass is 355 g/mol. The Kier molecular flexibility index (Phi) is 4.02. The van der Waals surface area contributed by atoms with E-state index in [9.17, 15) is 0 Å². The average Bonchev–Trinajstić information content (AvgIpc) is 2.30. The summed E-state index contributed by atoms with van der Waals surface area (Å²) in [5, 5.41) is 3.21. The zero-order valence-corrected chi connectivity index (χ0v) is 12.1. The number of nitrogens with two attached hydrogens (primary N) is 1. The van der Waals surface area contributed by atoms with Crippen molar-refractivity contribution in [2.75, 3.05) is 11.1 Å². The smallest absolute Gasteiger partial charge is 0.149 e. The first-order valence-corrected chi connectivity index (χ1v) is 6.63. The fourth-order valence-electron chi connectivity index (χ4n) is 1.42. The van der Waals surface area contributed by atoms with E-state index in [1.165, 1.54) is 0 Å². The lowest BCUT2D eigenvalue weighted by molar-refractivity contribution is 1.10. The maximum Gasteiger partial charge on any atom is 0.149 e. The van der Waals surface area contributed by atoms with Gasteiger partial charge in [-0.15, -0.1) is 0 Å². The van der Waals surface area contributed by atoms with Gasteiger partial charge < -0.3 is 11.1 Å². The molecule has 0 fully saturated rings. The Hall–Kier alpha value is -1.07. The molecule has 0 spiro atoms. The number of nitrogens with zero attached hydrogens (tertiary/aromatic N) is 1. The molecule has 0 unspecified atom stereocenters. The molecule has 5 heteroatoms. The van der Waals surface area contributed by atoms with E-state index in [0.717, 1.165) is 14.5 Å². The molecule has 0 atom stereocenters. The zero-order valence-electron chi connectivity index (χ0n) is 8.95. The quantitative estimate of drug-likeness (QED) is 0.879. The largest absolute Gasteiger partial charge is 0.396 e. The normalized spacial score (nSPS) is 10.2. The fourth-order valence-corrected chi connectivity index (χ4v) is 2.20. The predicted molar refractivity (Wildman–Crippen MR) is 77.8 cm³/mol. The molecule has 0 amide bonds. The van der Waals surface area contributed by atoms with Crippen molar-refractivity contribution in [2.24, 2.45) is 0 Å². The molecule has 0 aliphatic heterocycles. The Balaban J connectivity index is 2.10. The third kappa shape index (κ3) is 3.20. The van der Waals surface area contributed by atoms with Crippen molar-refractivity contribution in [2.45, 2.75) is 6.54 Å². The highest BCUT2D eigenvalue weighted by atomic mass is 79.9. The third-order valence-electron chi connectivity index (χ3n) is 2.29. The molecule has 88 valence electrons. The minimum absolute atomic E-state index is 0.631. The molecular weight excluding hydrogens is 346 g/mol. The van der Waals surface area contributed by atoms with E-state index >= 15 is 0 Å². The number of hydrogen-bond acceptors (Lipinski definition) is 3. The van der Waals surface area contributed by atoms with Gasteiger partial charge in [-0.05, 0) is 33.6 Å². The number of benzene rings is 1. The highest BCUT2D eigenvalue weighted by molar-refractivity contribution is 9.10. The second-order valence-corrected chi connectivity index (χ2v) is 5.31. The molecule has 0 aliphatic rings. The summed E-state index contributed by atoms with van der Waals surface area (Å²) in [5.41, 5.74) is 7.65.